The van der Waals surface area contributed by atoms with Crippen molar-refractivity contribution in [2.24, 2.45) is 5.73 Å². The molecule has 0 fully saturated rings. The van der Waals surface area contributed by atoms with Crippen LogP contribution in [-0.2, 0) is 20.0 Å². The van der Waals surface area contributed by atoms with Gasteiger partial charge in [-0.15, -0.1) is 12.4 Å². The molecule has 0 aliphatic rings. The van der Waals surface area contributed by atoms with Gasteiger partial charge in [-0.05, 0) is 29.5 Å². The lowest BCUT2D eigenvalue weighted by Crippen LogP contribution is -2.37. The van der Waals surface area contributed by atoms with Crippen molar-refractivity contribution in [2.75, 3.05) is 17.3 Å². The molecule has 1 rings (SSSR count). The number of hydrogen-bond acceptors (Lipinski definition) is 5. The Labute approximate surface area is 143 Å². The van der Waals surface area contributed by atoms with Gasteiger partial charge in [-0.3, -0.25) is 4.79 Å². The van der Waals surface area contributed by atoms with Crippen LogP contribution in [0.1, 0.15) is 32.8 Å². The summed E-state index contributed by atoms with van der Waals surface area (Å²) >= 11 is 0. The van der Waals surface area contributed by atoms with E-state index in [9.17, 15) is 18.3 Å². The molecule has 8 heteroatoms. The number of nitrogens with one attached hydrogen (secondary N) is 1. The second-order valence-corrected chi connectivity index (χ2v) is 8.76. The Kier molecular flexibility index (Phi) is 7.53. The van der Waals surface area contributed by atoms with E-state index >= 15 is 0 Å². The molecule has 1 amide bonds. The molecule has 0 saturated heterocycles. The molecule has 1 aromatic carbocycles. The molecule has 132 valence electrons. The lowest BCUT2D eigenvalue weighted by molar-refractivity contribution is -0.117. The first-order valence-corrected chi connectivity index (χ1v) is 9.04. The average Bonchev–Trinajstić information content (AvgIpc) is 2.36. The number of carbonyl (C=O) groups is 1. The summed E-state index contributed by atoms with van der Waals surface area (Å²) in [7, 11) is -3.17. The second kappa shape index (κ2) is 7.99. The molecule has 0 spiro atoms. The molecular weight excluding hydrogens is 340 g/mol. The summed E-state index contributed by atoms with van der Waals surface area (Å²) in [6.07, 6.45) is 1.13. The van der Waals surface area contributed by atoms with Crippen molar-refractivity contribution in [1.29, 1.82) is 0 Å². The van der Waals surface area contributed by atoms with Gasteiger partial charge in [0.05, 0.1) is 17.5 Å². The van der Waals surface area contributed by atoms with Crippen molar-refractivity contribution >= 4 is 33.8 Å². The van der Waals surface area contributed by atoms with Gasteiger partial charge < -0.3 is 16.2 Å². The fourth-order valence-electron chi connectivity index (χ4n) is 1.80. The van der Waals surface area contributed by atoms with Crippen molar-refractivity contribution in [1.82, 2.24) is 0 Å². The van der Waals surface area contributed by atoms with Crippen LogP contribution in [0.2, 0.25) is 0 Å². The maximum absolute atomic E-state index is 12.0. The number of aromatic hydroxyl groups is 1. The first-order valence-electron chi connectivity index (χ1n) is 6.98. The van der Waals surface area contributed by atoms with E-state index in [0.717, 1.165) is 11.8 Å². The lowest BCUT2D eigenvalue weighted by Gasteiger charge is -2.21. The van der Waals surface area contributed by atoms with Crippen LogP contribution in [0.25, 0.3) is 0 Å². The Bertz CT molecular complexity index is 654. The smallest absolute Gasteiger partial charge is 0.241 e. The predicted octanol–water partition coefficient (Wildman–Crippen LogP) is 1.81. The molecule has 0 radical (unpaired) electrons. The molecule has 1 aromatic rings. The largest absolute Gasteiger partial charge is 0.506 e. The molecule has 0 saturated carbocycles. The van der Waals surface area contributed by atoms with Crippen LogP contribution in [0.5, 0.6) is 5.75 Å². The van der Waals surface area contributed by atoms with Crippen molar-refractivity contribution < 1.29 is 18.3 Å². The topological polar surface area (TPSA) is 109 Å². The van der Waals surface area contributed by atoms with E-state index in [1.54, 1.807) is 12.1 Å². The van der Waals surface area contributed by atoms with Crippen molar-refractivity contribution in [3.8, 4) is 5.75 Å². The highest BCUT2D eigenvalue weighted by Crippen LogP contribution is 2.30. The summed E-state index contributed by atoms with van der Waals surface area (Å²) in [5, 5.41) is 12.4. The summed E-state index contributed by atoms with van der Waals surface area (Å²) in [6, 6.07) is 4.04. The summed E-state index contributed by atoms with van der Waals surface area (Å²) in [5.74, 6) is -0.739. The van der Waals surface area contributed by atoms with Crippen LogP contribution in [0.3, 0.4) is 0 Å². The number of phenolic OH excluding ortho intramolecular Hbond substituents is 1. The Morgan fingerprint density at radius 1 is 1.35 bits per heavy atom. The second-order valence-electron chi connectivity index (χ2n) is 6.50. The fraction of sp³-hybridized carbons (Fsp3) is 0.533. The third-order valence-corrected chi connectivity index (χ3v) is 4.23. The van der Waals surface area contributed by atoms with E-state index in [1.165, 1.54) is 6.07 Å². The molecule has 4 N–H and O–H groups in total. The summed E-state index contributed by atoms with van der Waals surface area (Å²) in [4.78, 5) is 12.0. The number of amides is 1. The minimum atomic E-state index is -3.17. The maximum Gasteiger partial charge on any atom is 0.241 e. The standard InChI is InChI=1S/C15H24N2O4S.ClH/c1-15(2,3)10-5-6-13(18)12(9-10)17-14(19)11(16)7-8-22(4,20)21;/h5-6,9,11,18H,7-8,16H2,1-4H3,(H,17,19);1H. The van der Waals surface area contributed by atoms with Gasteiger partial charge in [-0.2, -0.15) is 0 Å². The van der Waals surface area contributed by atoms with Gasteiger partial charge in [0.15, 0.2) is 0 Å². The van der Waals surface area contributed by atoms with Crippen LogP contribution in [0.15, 0.2) is 18.2 Å². The summed E-state index contributed by atoms with van der Waals surface area (Å²) in [5.41, 5.74) is 6.77. The zero-order valence-electron chi connectivity index (χ0n) is 13.8. The molecule has 23 heavy (non-hydrogen) atoms. The van der Waals surface area contributed by atoms with Crippen LogP contribution in [0.4, 0.5) is 5.69 Å². The van der Waals surface area contributed by atoms with Gasteiger partial charge in [0.2, 0.25) is 5.91 Å². The first kappa shape index (κ1) is 21.7. The van der Waals surface area contributed by atoms with Crippen LogP contribution < -0.4 is 11.1 Å². The molecule has 0 aliphatic heterocycles. The highest BCUT2D eigenvalue weighted by atomic mass is 35.5. The molecule has 0 heterocycles. The third-order valence-electron chi connectivity index (χ3n) is 3.26. The number of nitrogens with two attached hydrogens (primary N) is 1. The number of halogens is 1. The normalized spacial score (nSPS) is 13.1. The number of sulfone groups is 1. The fourth-order valence-corrected chi connectivity index (χ4v) is 2.48. The molecule has 1 atom stereocenters. The number of anilines is 1. The Balaban J connectivity index is 0.00000484. The zero-order chi connectivity index (χ0) is 17.1. The van der Waals surface area contributed by atoms with Crippen molar-refractivity contribution in [3.05, 3.63) is 23.8 Å². The summed E-state index contributed by atoms with van der Waals surface area (Å²) < 4.78 is 22.2. The van der Waals surface area contributed by atoms with Crippen molar-refractivity contribution in [3.63, 3.8) is 0 Å². The van der Waals surface area contributed by atoms with Crippen LogP contribution in [-0.4, -0.2) is 37.5 Å². The van der Waals surface area contributed by atoms with Gasteiger partial charge in [-0.25, -0.2) is 8.42 Å². The Morgan fingerprint density at radius 2 is 1.91 bits per heavy atom. The number of benzene rings is 1. The number of rotatable bonds is 5. The SMILES string of the molecule is CC(C)(C)c1ccc(O)c(NC(=O)C(N)CCS(C)(=O)=O)c1.Cl. The van der Waals surface area contributed by atoms with E-state index in [0.29, 0.717) is 0 Å². The minimum Gasteiger partial charge on any atom is -0.506 e. The Morgan fingerprint density at radius 3 is 2.39 bits per heavy atom. The predicted molar refractivity (Wildman–Crippen MR) is 95.0 cm³/mol. The molecule has 0 aromatic heterocycles. The summed E-state index contributed by atoms with van der Waals surface area (Å²) in [6.45, 7) is 6.05. The number of phenols is 1. The Hall–Kier alpha value is -1.31. The lowest BCUT2D eigenvalue weighted by atomic mass is 9.87. The van der Waals surface area contributed by atoms with Gasteiger partial charge >= 0.3 is 0 Å². The molecular formula is C15H25ClN2O4S. The zero-order valence-corrected chi connectivity index (χ0v) is 15.4. The minimum absolute atomic E-state index is 0. The van der Waals surface area contributed by atoms with Gasteiger partial charge in [-0.1, -0.05) is 26.8 Å². The quantitative estimate of drug-likeness (QED) is 0.690. The molecule has 6 nitrogen and oxygen atoms in total. The molecule has 1 unspecified atom stereocenters. The highest BCUT2D eigenvalue weighted by Gasteiger charge is 2.19. The van der Waals surface area contributed by atoms with E-state index in [1.807, 2.05) is 20.8 Å². The van der Waals surface area contributed by atoms with Crippen LogP contribution in [0, 0.1) is 0 Å². The van der Waals surface area contributed by atoms with Crippen molar-refractivity contribution in [2.45, 2.75) is 38.6 Å². The first-order chi connectivity index (χ1) is 9.90. The third kappa shape index (κ3) is 7.20. The van der Waals surface area contributed by atoms with E-state index in [4.69, 9.17) is 5.73 Å². The van der Waals surface area contributed by atoms with Gasteiger partial charge in [0.1, 0.15) is 15.6 Å². The number of hydrogen-bond donors (Lipinski definition) is 3. The monoisotopic (exact) mass is 364 g/mol. The maximum atomic E-state index is 12.0. The van der Waals surface area contributed by atoms with Gasteiger partial charge in [0.25, 0.3) is 0 Å². The molecule has 0 aliphatic carbocycles. The van der Waals surface area contributed by atoms with Gasteiger partial charge in [0, 0.05) is 6.26 Å². The average molecular weight is 365 g/mol. The van der Waals surface area contributed by atoms with E-state index in [2.05, 4.69) is 5.32 Å². The van der Waals surface area contributed by atoms with Crippen LogP contribution >= 0.6 is 12.4 Å². The highest BCUT2D eigenvalue weighted by molar-refractivity contribution is 7.90. The number of carbonyl (C=O) groups excluding carboxylic acids is 1. The van der Waals surface area contributed by atoms with E-state index < -0.39 is 21.8 Å². The van der Waals surface area contributed by atoms with E-state index in [-0.39, 0.29) is 41.4 Å². The molecule has 0 bridgehead atoms.